The summed E-state index contributed by atoms with van der Waals surface area (Å²) in [4.78, 5) is 11.4. The topological polar surface area (TPSA) is 52.3 Å². The summed E-state index contributed by atoms with van der Waals surface area (Å²) in [7, 11) is 1.38. The number of methoxy groups -OCH3 is 1. The molecule has 2 N–H and O–H groups in total. The van der Waals surface area contributed by atoms with Crippen molar-refractivity contribution in [2.45, 2.75) is 6.42 Å². The lowest BCUT2D eigenvalue weighted by Crippen LogP contribution is -2.04. The van der Waals surface area contributed by atoms with E-state index in [0.717, 1.165) is 17.5 Å². The molecule has 0 atom stereocenters. The van der Waals surface area contributed by atoms with E-state index in [1.807, 2.05) is 24.3 Å². The van der Waals surface area contributed by atoms with Crippen LogP contribution in [-0.4, -0.2) is 19.6 Å². The molecule has 3 nitrogen and oxygen atoms in total. The third-order valence-corrected chi connectivity index (χ3v) is 3.05. The lowest BCUT2D eigenvalue weighted by molar-refractivity contribution is 0.0601. The predicted octanol–water partition coefficient (Wildman–Crippen LogP) is 2.64. The van der Waals surface area contributed by atoms with Crippen LogP contribution < -0.4 is 5.73 Å². The smallest absolute Gasteiger partial charge is 0.337 e. The normalized spacial score (nSPS) is 10.2. The van der Waals surface area contributed by atoms with Gasteiger partial charge in [0.15, 0.2) is 0 Å². The highest BCUT2D eigenvalue weighted by atomic mass is 16.5. The molecule has 3 heteroatoms. The Balaban J connectivity index is 2.34. The van der Waals surface area contributed by atoms with Gasteiger partial charge in [0.05, 0.1) is 12.7 Å². The standard InChI is InChI=1S/C16H17NO2/c1-19-16(18)14-8-6-13(7-9-14)15-5-3-2-4-12(15)10-11-17/h2-9H,10-11,17H2,1H3. The number of rotatable bonds is 4. The minimum absolute atomic E-state index is 0.318. The molecule has 0 spiro atoms. The second-order valence-electron chi connectivity index (χ2n) is 4.26. The zero-order valence-corrected chi connectivity index (χ0v) is 10.9. The van der Waals surface area contributed by atoms with E-state index in [9.17, 15) is 4.79 Å². The number of nitrogens with two attached hydrogens (primary N) is 1. The van der Waals surface area contributed by atoms with Gasteiger partial charge in [-0.15, -0.1) is 0 Å². The van der Waals surface area contributed by atoms with E-state index >= 15 is 0 Å². The first-order valence-electron chi connectivity index (χ1n) is 6.23. The van der Waals surface area contributed by atoms with Crippen LogP contribution in [0, 0.1) is 0 Å². The molecule has 0 aliphatic heterocycles. The van der Waals surface area contributed by atoms with Crippen LogP contribution in [0.4, 0.5) is 0 Å². The van der Waals surface area contributed by atoms with Gasteiger partial charge in [-0.2, -0.15) is 0 Å². The highest BCUT2D eigenvalue weighted by Crippen LogP contribution is 2.24. The summed E-state index contributed by atoms with van der Waals surface area (Å²) < 4.78 is 4.69. The Labute approximate surface area is 113 Å². The Kier molecular flexibility index (Phi) is 4.31. The minimum atomic E-state index is -0.318. The molecule has 0 aromatic heterocycles. The summed E-state index contributed by atoms with van der Waals surface area (Å²) in [5, 5.41) is 0. The van der Waals surface area contributed by atoms with Crippen LogP contribution in [0.15, 0.2) is 48.5 Å². The maximum absolute atomic E-state index is 11.4. The van der Waals surface area contributed by atoms with Crippen LogP contribution in [0.3, 0.4) is 0 Å². The van der Waals surface area contributed by atoms with Crippen molar-refractivity contribution in [3.8, 4) is 11.1 Å². The zero-order valence-electron chi connectivity index (χ0n) is 10.9. The molecule has 0 saturated heterocycles. The molecule has 0 unspecified atom stereocenters. The third-order valence-electron chi connectivity index (χ3n) is 3.05. The number of benzene rings is 2. The second kappa shape index (κ2) is 6.16. The second-order valence-corrected chi connectivity index (χ2v) is 4.26. The number of hydrogen-bond acceptors (Lipinski definition) is 3. The van der Waals surface area contributed by atoms with Gasteiger partial charge in [-0.3, -0.25) is 0 Å². The molecule has 0 fully saturated rings. The van der Waals surface area contributed by atoms with Crippen LogP contribution in [0.2, 0.25) is 0 Å². The van der Waals surface area contributed by atoms with E-state index in [1.54, 1.807) is 12.1 Å². The number of carbonyl (C=O) groups is 1. The van der Waals surface area contributed by atoms with Gasteiger partial charge in [0.1, 0.15) is 0 Å². The first kappa shape index (κ1) is 13.3. The van der Waals surface area contributed by atoms with Crippen LogP contribution in [0.1, 0.15) is 15.9 Å². The average Bonchev–Trinajstić information content (AvgIpc) is 2.47. The fraction of sp³-hybridized carbons (Fsp3) is 0.188. The monoisotopic (exact) mass is 255 g/mol. The lowest BCUT2D eigenvalue weighted by atomic mass is 9.97. The van der Waals surface area contributed by atoms with Crippen LogP contribution in [0.25, 0.3) is 11.1 Å². The molecule has 0 bridgehead atoms. The summed E-state index contributed by atoms with van der Waals surface area (Å²) >= 11 is 0. The van der Waals surface area contributed by atoms with E-state index < -0.39 is 0 Å². The number of ether oxygens (including phenoxy) is 1. The Morgan fingerprint density at radius 3 is 2.42 bits per heavy atom. The molecular formula is C16H17NO2. The Morgan fingerprint density at radius 1 is 1.11 bits per heavy atom. The van der Waals surface area contributed by atoms with E-state index in [1.165, 1.54) is 12.7 Å². The van der Waals surface area contributed by atoms with Crippen molar-refractivity contribution in [2.75, 3.05) is 13.7 Å². The summed E-state index contributed by atoms with van der Waals surface area (Å²) in [6, 6.07) is 15.6. The van der Waals surface area contributed by atoms with Gasteiger partial charge in [0.25, 0.3) is 0 Å². The summed E-state index contributed by atoms with van der Waals surface area (Å²) in [5.41, 5.74) is 9.64. The first-order valence-corrected chi connectivity index (χ1v) is 6.23. The van der Waals surface area contributed by atoms with Gasteiger partial charge in [-0.1, -0.05) is 36.4 Å². The predicted molar refractivity (Wildman–Crippen MR) is 76.0 cm³/mol. The number of carbonyl (C=O) groups excluding carboxylic acids is 1. The summed E-state index contributed by atoms with van der Waals surface area (Å²) in [6.45, 7) is 0.622. The Bertz CT molecular complexity index is 561. The van der Waals surface area contributed by atoms with E-state index in [4.69, 9.17) is 5.73 Å². The highest BCUT2D eigenvalue weighted by molar-refractivity contribution is 5.90. The SMILES string of the molecule is COC(=O)c1ccc(-c2ccccc2CCN)cc1. The molecule has 0 aliphatic rings. The van der Waals surface area contributed by atoms with Crippen molar-refractivity contribution >= 4 is 5.97 Å². The molecule has 2 rings (SSSR count). The fourth-order valence-corrected chi connectivity index (χ4v) is 2.08. The van der Waals surface area contributed by atoms with Crippen LogP contribution in [-0.2, 0) is 11.2 Å². The van der Waals surface area contributed by atoms with Crippen molar-refractivity contribution < 1.29 is 9.53 Å². The zero-order chi connectivity index (χ0) is 13.7. The van der Waals surface area contributed by atoms with Gasteiger partial charge in [-0.25, -0.2) is 4.79 Å². The fourth-order valence-electron chi connectivity index (χ4n) is 2.08. The van der Waals surface area contributed by atoms with Crippen molar-refractivity contribution in [1.82, 2.24) is 0 Å². The van der Waals surface area contributed by atoms with Crippen LogP contribution in [0.5, 0.6) is 0 Å². The molecule has 0 aliphatic carbocycles. The molecule has 98 valence electrons. The largest absolute Gasteiger partial charge is 0.465 e. The van der Waals surface area contributed by atoms with Crippen molar-refractivity contribution in [3.63, 3.8) is 0 Å². The Hall–Kier alpha value is -2.13. The molecule has 0 amide bonds. The maximum atomic E-state index is 11.4. The molecule has 0 radical (unpaired) electrons. The van der Waals surface area contributed by atoms with Gasteiger partial charge < -0.3 is 10.5 Å². The molecule has 0 saturated carbocycles. The number of esters is 1. The lowest BCUT2D eigenvalue weighted by Gasteiger charge is -2.09. The third kappa shape index (κ3) is 3.01. The first-order chi connectivity index (χ1) is 9.26. The highest BCUT2D eigenvalue weighted by Gasteiger charge is 2.07. The quantitative estimate of drug-likeness (QED) is 0.854. The molecule has 2 aromatic rings. The summed E-state index contributed by atoms with van der Waals surface area (Å²) in [6.07, 6.45) is 0.842. The molecular weight excluding hydrogens is 238 g/mol. The average molecular weight is 255 g/mol. The van der Waals surface area contributed by atoms with Crippen molar-refractivity contribution in [3.05, 3.63) is 59.7 Å². The van der Waals surface area contributed by atoms with E-state index in [2.05, 4.69) is 16.9 Å². The summed E-state index contributed by atoms with van der Waals surface area (Å²) in [5.74, 6) is -0.318. The van der Waals surface area contributed by atoms with E-state index in [-0.39, 0.29) is 5.97 Å². The van der Waals surface area contributed by atoms with Crippen molar-refractivity contribution in [2.24, 2.45) is 5.73 Å². The van der Waals surface area contributed by atoms with Gasteiger partial charge in [0.2, 0.25) is 0 Å². The molecule has 19 heavy (non-hydrogen) atoms. The van der Waals surface area contributed by atoms with Gasteiger partial charge >= 0.3 is 5.97 Å². The van der Waals surface area contributed by atoms with Crippen molar-refractivity contribution in [1.29, 1.82) is 0 Å². The maximum Gasteiger partial charge on any atom is 0.337 e. The minimum Gasteiger partial charge on any atom is -0.465 e. The Morgan fingerprint density at radius 2 is 1.79 bits per heavy atom. The molecule has 0 heterocycles. The molecule has 2 aromatic carbocycles. The van der Waals surface area contributed by atoms with Gasteiger partial charge in [-0.05, 0) is 41.8 Å². The van der Waals surface area contributed by atoms with Crippen LogP contribution >= 0.6 is 0 Å². The van der Waals surface area contributed by atoms with Gasteiger partial charge in [0, 0.05) is 0 Å². The number of hydrogen-bond donors (Lipinski definition) is 1. The van der Waals surface area contributed by atoms with E-state index in [0.29, 0.717) is 12.1 Å².